The highest BCUT2D eigenvalue weighted by atomic mass is 35.5. The van der Waals surface area contributed by atoms with Crippen LogP contribution in [0.3, 0.4) is 0 Å². The molecule has 4 N–H and O–H groups in total. The summed E-state index contributed by atoms with van der Waals surface area (Å²) in [5.74, 6) is 0.257. The molecule has 4 aliphatic rings. The third-order valence-corrected chi connectivity index (χ3v) is 17.8. The predicted molar refractivity (Wildman–Crippen MR) is 287 cm³/mol. The lowest BCUT2D eigenvalue weighted by Gasteiger charge is -2.40. The minimum absolute atomic E-state index is 0. The minimum Gasteiger partial charge on any atom is -0.381 e. The first-order valence-corrected chi connectivity index (χ1v) is 28.2. The van der Waals surface area contributed by atoms with Gasteiger partial charge in [0.05, 0.1) is 32.8 Å². The van der Waals surface area contributed by atoms with E-state index >= 15 is 0 Å². The van der Waals surface area contributed by atoms with E-state index in [0.717, 1.165) is 55.6 Å². The second kappa shape index (κ2) is 27.1. The van der Waals surface area contributed by atoms with E-state index in [-0.39, 0.29) is 36.6 Å². The van der Waals surface area contributed by atoms with Crippen molar-refractivity contribution in [3.63, 3.8) is 0 Å². The lowest BCUT2D eigenvalue weighted by Crippen LogP contribution is -2.45. The number of nitriles is 2. The number of rotatable bonds is 10. The van der Waals surface area contributed by atoms with Gasteiger partial charge >= 0.3 is 0 Å². The number of nitrogens with one attached hydrogen (secondary N) is 2. The maximum absolute atomic E-state index is 12.5. The van der Waals surface area contributed by atoms with Crippen molar-refractivity contribution in [1.82, 2.24) is 9.44 Å². The van der Waals surface area contributed by atoms with Crippen LogP contribution in [0.25, 0.3) is 0 Å². The van der Waals surface area contributed by atoms with E-state index in [1.54, 1.807) is 72.8 Å². The third-order valence-electron chi connectivity index (χ3n) is 14.0. The summed E-state index contributed by atoms with van der Waals surface area (Å²) < 4.78 is 60.4. The molecule has 3 aliphatic carbocycles. The highest BCUT2D eigenvalue weighted by Crippen LogP contribution is 2.42. The smallest absolute Gasteiger partial charge is 0.240 e. The van der Waals surface area contributed by atoms with Gasteiger partial charge in [0.2, 0.25) is 20.0 Å². The molecule has 17 heteroatoms. The Bertz CT molecular complexity index is 2830. The van der Waals surface area contributed by atoms with Gasteiger partial charge in [-0.15, -0.1) is 0 Å². The summed E-state index contributed by atoms with van der Waals surface area (Å²) in [6.07, 6.45) is 10.4. The van der Waals surface area contributed by atoms with Crippen molar-refractivity contribution >= 4 is 69.0 Å². The van der Waals surface area contributed by atoms with Crippen molar-refractivity contribution in [2.75, 3.05) is 19.8 Å². The Morgan fingerprint density at radius 1 is 0.556 bits per heavy atom. The molecule has 1 heterocycles. The molecule has 1 saturated heterocycles. The van der Waals surface area contributed by atoms with Gasteiger partial charge in [0.1, 0.15) is 5.78 Å². The zero-order valence-corrected chi connectivity index (χ0v) is 44.2. The van der Waals surface area contributed by atoms with E-state index in [1.807, 2.05) is 54.6 Å². The van der Waals surface area contributed by atoms with E-state index in [4.69, 9.17) is 45.3 Å². The van der Waals surface area contributed by atoms with Gasteiger partial charge in [-0.3, -0.25) is 4.79 Å². The number of carbonyl (C=O) groups excluding carboxylic acids is 1. The summed E-state index contributed by atoms with van der Waals surface area (Å²) in [7, 11) is -7.01. The molecule has 4 fully saturated rings. The van der Waals surface area contributed by atoms with Gasteiger partial charge in [0.25, 0.3) is 0 Å². The number of ether oxygens (including phenoxy) is 1. The summed E-state index contributed by atoms with van der Waals surface area (Å²) >= 11 is 18.1. The van der Waals surface area contributed by atoms with Crippen LogP contribution in [0.4, 0.5) is 0 Å². The fourth-order valence-corrected chi connectivity index (χ4v) is 12.9. The molecule has 0 bridgehead atoms. The molecular formula is C55H62BCl3N5O6S2. The molecular weight excluding hydrogens is 1010 g/mol. The molecule has 0 aromatic heterocycles. The fraction of sp³-hybridized carbons (Fsp3) is 0.400. The Balaban J connectivity index is 0.000000193. The number of sulfonamides is 2. The fourth-order valence-electron chi connectivity index (χ4n) is 9.69. The number of benzene rings is 5. The number of hydrogen-bond donors (Lipinski definition) is 3. The van der Waals surface area contributed by atoms with Crippen LogP contribution in [0.1, 0.15) is 107 Å². The van der Waals surface area contributed by atoms with E-state index in [1.165, 1.54) is 12.8 Å². The zero-order valence-electron chi connectivity index (χ0n) is 40.3. The highest BCUT2D eigenvalue weighted by molar-refractivity contribution is 7.89. The minimum atomic E-state index is -3.53. The van der Waals surface area contributed by atoms with Gasteiger partial charge in [-0.05, 0) is 154 Å². The molecule has 3 saturated carbocycles. The number of nitrogens with zero attached hydrogens (tertiary/aromatic N) is 2. The Morgan fingerprint density at radius 3 is 1.29 bits per heavy atom. The first-order chi connectivity index (χ1) is 34.1. The summed E-state index contributed by atoms with van der Waals surface area (Å²) in [5.41, 5.74) is 7.86. The van der Waals surface area contributed by atoms with Crippen LogP contribution in [-0.4, -0.2) is 62.9 Å². The molecule has 0 spiro atoms. The molecule has 0 atom stereocenters. The van der Waals surface area contributed by atoms with Crippen LogP contribution in [0.2, 0.25) is 15.1 Å². The van der Waals surface area contributed by atoms with Crippen LogP contribution in [0.15, 0.2) is 143 Å². The van der Waals surface area contributed by atoms with Crippen LogP contribution in [0.5, 0.6) is 0 Å². The summed E-state index contributed by atoms with van der Waals surface area (Å²) in [5, 5.41) is 21.1. The van der Waals surface area contributed by atoms with Crippen molar-refractivity contribution in [2.45, 2.75) is 128 Å². The van der Waals surface area contributed by atoms with Crippen LogP contribution >= 0.6 is 34.8 Å². The van der Waals surface area contributed by atoms with Crippen LogP contribution in [0, 0.1) is 22.7 Å². The van der Waals surface area contributed by atoms with Crippen molar-refractivity contribution in [1.29, 1.82) is 10.5 Å². The molecule has 379 valence electrons. The second-order valence-electron chi connectivity index (χ2n) is 18.7. The van der Waals surface area contributed by atoms with Gasteiger partial charge in [-0.25, -0.2) is 26.3 Å². The summed E-state index contributed by atoms with van der Waals surface area (Å²) in [4.78, 5) is 11.8. The molecule has 1 aliphatic heterocycles. The van der Waals surface area contributed by atoms with Crippen LogP contribution in [-0.2, 0) is 45.8 Å². The second-order valence-corrected chi connectivity index (χ2v) is 23.4. The van der Waals surface area contributed by atoms with Gasteiger partial charge in [0, 0.05) is 73.6 Å². The standard InChI is InChI=1S/C19H23ClN2O2S.C19H19ClN2O2S.C13H12ClNO.C4H8O.B/c2*20-16-6-4-5-15(13-16)19(14-21)11-9-17(10-12-19)22-25(23,24)18-7-2-1-3-8-18;14-11-3-1-2-10(8-11)13(9-15)6-4-12(16)5-7-13;1-2-4-5-3-1;/h1-8,13,17,22H,9-12,14,21H2;1-8,13,17,22H,9-12H2;1-3,8H,4-7H2;1-4H2;. The highest BCUT2D eigenvalue weighted by Gasteiger charge is 2.40. The lowest BCUT2D eigenvalue weighted by atomic mass is 9.68. The third kappa shape index (κ3) is 15.7. The Kier molecular flexibility index (Phi) is 22.0. The quantitative estimate of drug-likeness (QED) is 0.114. The Labute approximate surface area is 443 Å². The van der Waals surface area contributed by atoms with E-state index in [2.05, 4.69) is 27.6 Å². The van der Waals surface area contributed by atoms with Crippen LogP contribution < -0.4 is 15.2 Å². The van der Waals surface area contributed by atoms with Crippen molar-refractivity contribution in [3.05, 3.63) is 165 Å². The summed E-state index contributed by atoms with van der Waals surface area (Å²) in [6.45, 7) is 2.53. The van der Waals surface area contributed by atoms with E-state index in [9.17, 15) is 32.2 Å². The molecule has 0 unspecified atom stereocenters. The van der Waals surface area contributed by atoms with Gasteiger partial charge in [-0.1, -0.05) is 108 Å². The molecule has 5 aromatic carbocycles. The first kappa shape index (κ1) is 58.3. The van der Waals surface area contributed by atoms with Crippen molar-refractivity contribution < 1.29 is 26.4 Å². The largest absolute Gasteiger partial charge is 0.381 e. The Hall–Kier alpha value is -4.58. The maximum atomic E-state index is 12.5. The number of Topliss-reactive ketones (excluding diaryl/α,β-unsaturated/α-hetero) is 1. The number of carbonyl (C=O) groups is 1. The molecule has 0 amide bonds. The molecule has 11 nitrogen and oxygen atoms in total. The zero-order chi connectivity index (χ0) is 51.0. The lowest BCUT2D eigenvalue weighted by molar-refractivity contribution is -0.120. The van der Waals surface area contributed by atoms with Crippen molar-refractivity contribution in [3.8, 4) is 12.1 Å². The number of hydrogen-bond acceptors (Lipinski definition) is 9. The topological polar surface area (TPSA) is 192 Å². The Morgan fingerprint density at radius 2 is 0.931 bits per heavy atom. The number of halogens is 3. The molecule has 72 heavy (non-hydrogen) atoms. The average Bonchev–Trinajstić information content (AvgIpc) is 3.99. The first-order valence-electron chi connectivity index (χ1n) is 24.1. The molecule has 5 aromatic rings. The summed E-state index contributed by atoms with van der Waals surface area (Å²) in [6, 6.07) is 44.1. The van der Waals surface area contributed by atoms with Gasteiger partial charge in [0.15, 0.2) is 0 Å². The van der Waals surface area contributed by atoms with Crippen molar-refractivity contribution in [2.24, 2.45) is 5.73 Å². The average molecular weight is 1070 g/mol. The SMILES string of the molecule is C1CCOC1.N#CC1(c2cccc(Cl)c2)CCC(=O)CC1.N#CC1(c2cccc(Cl)c2)CCC(NS(=O)(=O)c2ccccc2)CC1.NCC1(c2cccc(Cl)c2)CCC(NS(=O)(=O)c2ccccc2)CC1.[B]. The molecule has 3 radical (unpaired) electrons. The molecule has 9 rings (SSSR count). The number of ketones is 1. The number of nitrogens with two attached hydrogens (primary N) is 1. The van der Waals surface area contributed by atoms with Gasteiger partial charge in [-0.2, -0.15) is 10.5 Å². The monoisotopic (exact) mass is 1070 g/mol. The predicted octanol–water partition coefficient (Wildman–Crippen LogP) is 11.1. The van der Waals surface area contributed by atoms with E-state index < -0.39 is 30.9 Å². The van der Waals surface area contributed by atoms with Gasteiger partial charge < -0.3 is 10.5 Å². The maximum Gasteiger partial charge on any atom is 0.240 e. The normalized spacial score (nSPS) is 22.6. The van der Waals surface area contributed by atoms with E-state index in [0.29, 0.717) is 77.9 Å².